The third kappa shape index (κ3) is 4.19. The summed E-state index contributed by atoms with van der Waals surface area (Å²) in [5.41, 5.74) is 1.48. The van der Waals surface area contributed by atoms with Crippen molar-refractivity contribution in [3.8, 4) is 5.75 Å². The number of methoxy groups -OCH3 is 2. The topological polar surface area (TPSA) is 79.1 Å². The first-order chi connectivity index (χ1) is 15.5. The molecule has 0 aliphatic carbocycles. The second kappa shape index (κ2) is 9.64. The van der Waals surface area contributed by atoms with E-state index in [0.717, 1.165) is 10.4 Å². The number of rotatable bonds is 7. The van der Waals surface area contributed by atoms with Crippen LogP contribution in [0.25, 0.3) is 6.08 Å². The zero-order valence-electron chi connectivity index (χ0n) is 17.9. The summed E-state index contributed by atoms with van der Waals surface area (Å²) in [4.78, 5) is 32.5. The molecule has 0 amide bonds. The molecule has 0 spiro atoms. The van der Waals surface area contributed by atoms with Gasteiger partial charge >= 0.3 is 5.97 Å². The van der Waals surface area contributed by atoms with Crippen LogP contribution in [-0.4, -0.2) is 38.0 Å². The fourth-order valence-corrected chi connectivity index (χ4v) is 5.38. The number of esters is 1. The summed E-state index contributed by atoms with van der Waals surface area (Å²) in [6.07, 6.45) is 1.80. The van der Waals surface area contributed by atoms with Crippen molar-refractivity contribution in [3.05, 3.63) is 83.2 Å². The highest BCUT2D eigenvalue weighted by Gasteiger charge is 2.34. The number of thiophene rings is 1. The van der Waals surface area contributed by atoms with E-state index in [4.69, 9.17) is 14.2 Å². The van der Waals surface area contributed by atoms with Crippen molar-refractivity contribution in [1.29, 1.82) is 0 Å². The Kier molecular flexibility index (Phi) is 6.69. The van der Waals surface area contributed by atoms with Gasteiger partial charge in [0.2, 0.25) is 0 Å². The standard InChI is InChI=1S/C23H22N2O5S2/c1-14-19(22(27)30-11-10-28-2)20(17-9-6-12-31-17)25-21(26)18(32-23(25)24-14)13-15-7-4-5-8-16(15)29-3/h4-9,12-13,20H,10-11H2,1-3H3/b18-13+/t20-/m0/s1. The van der Waals surface area contributed by atoms with E-state index in [1.807, 2.05) is 41.8 Å². The summed E-state index contributed by atoms with van der Waals surface area (Å²) in [5.74, 6) is 0.174. The Bertz CT molecular complexity index is 1340. The first-order valence-electron chi connectivity index (χ1n) is 9.90. The van der Waals surface area contributed by atoms with Crippen molar-refractivity contribution >= 4 is 34.7 Å². The van der Waals surface area contributed by atoms with Gasteiger partial charge in [-0.1, -0.05) is 35.6 Å². The maximum absolute atomic E-state index is 13.5. The number of hydrogen-bond acceptors (Lipinski definition) is 8. The minimum Gasteiger partial charge on any atom is -0.496 e. The molecule has 0 bridgehead atoms. The number of benzene rings is 1. The maximum Gasteiger partial charge on any atom is 0.338 e. The number of aromatic nitrogens is 1. The van der Waals surface area contributed by atoms with Crippen LogP contribution in [0.3, 0.4) is 0 Å². The zero-order valence-corrected chi connectivity index (χ0v) is 19.5. The van der Waals surface area contributed by atoms with Gasteiger partial charge in [0.25, 0.3) is 5.56 Å². The molecule has 7 nitrogen and oxygen atoms in total. The van der Waals surface area contributed by atoms with E-state index in [1.54, 1.807) is 31.8 Å². The fraction of sp³-hybridized carbons (Fsp3) is 0.261. The Morgan fingerprint density at radius 1 is 1.19 bits per heavy atom. The molecule has 166 valence electrons. The normalized spacial score (nSPS) is 16.0. The highest BCUT2D eigenvalue weighted by atomic mass is 32.1. The van der Waals surface area contributed by atoms with Crippen LogP contribution in [0.2, 0.25) is 0 Å². The van der Waals surface area contributed by atoms with Gasteiger partial charge in [-0.25, -0.2) is 9.79 Å². The van der Waals surface area contributed by atoms with E-state index < -0.39 is 12.0 Å². The van der Waals surface area contributed by atoms with E-state index in [2.05, 4.69) is 4.99 Å². The number of fused-ring (bicyclic) bond motifs is 1. The Morgan fingerprint density at radius 3 is 2.72 bits per heavy atom. The molecule has 0 unspecified atom stereocenters. The van der Waals surface area contributed by atoms with Crippen LogP contribution < -0.4 is 19.6 Å². The smallest absolute Gasteiger partial charge is 0.338 e. The Labute approximate surface area is 192 Å². The molecule has 9 heteroatoms. The number of carbonyl (C=O) groups excluding carboxylic acids is 1. The molecule has 0 saturated heterocycles. The van der Waals surface area contributed by atoms with Crippen molar-refractivity contribution in [2.24, 2.45) is 4.99 Å². The molecule has 3 heterocycles. The van der Waals surface area contributed by atoms with Gasteiger partial charge in [-0.3, -0.25) is 9.36 Å². The SMILES string of the molecule is COCCOC(=O)C1=C(C)N=c2s/c(=C/c3ccccc3OC)c(=O)n2[C@H]1c1cccs1. The Balaban J connectivity index is 1.87. The second-order valence-corrected chi connectivity index (χ2v) is 8.96. The lowest BCUT2D eigenvalue weighted by molar-refractivity contribution is -0.140. The van der Waals surface area contributed by atoms with Crippen molar-refractivity contribution in [2.75, 3.05) is 27.4 Å². The summed E-state index contributed by atoms with van der Waals surface area (Å²) >= 11 is 2.77. The fourth-order valence-electron chi connectivity index (χ4n) is 3.52. The van der Waals surface area contributed by atoms with Gasteiger partial charge in [-0.15, -0.1) is 11.3 Å². The summed E-state index contributed by atoms with van der Waals surface area (Å²) in [6, 6.07) is 10.7. The van der Waals surface area contributed by atoms with Crippen molar-refractivity contribution in [3.63, 3.8) is 0 Å². The van der Waals surface area contributed by atoms with Crippen LogP contribution in [0.15, 0.2) is 62.8 Å². The highest BCUT2D eigenvalue weighted by Crippen LogP contribution is 2.33. The van der Waals surface area contributed by atoms with Crippen molar-refractivity contribution in [1.82, 2.24) is 4.57 Å². The summed E-state index contributed by atoms with van der Waals surface area (Å²) in [6.45, 7) is 2.19. The third-order valence-corrected chi connectivity index (χ3v) is 6.91. The van der Waals surface area contributed by atoms with Crippen LogP contribution in [0.1, 0.15) is 23.4 Å². The molecule has 0 radical (unpaired) electrons. The predicted octanol–water partition coefficient (Wildman–Crippen LogP) is 2.49. The van der Waals surface area contributed by atoms with Crippen molar-refractivity contribution < 1.29 is 19.0 Å². The molecule has 4 rings (SSSR count). The lowest BCUT2D eigenvalue weighted by atomic mass is 10.0. The van der Waals surface area contributed by atoms with Crippen LogP contribution in [0, 0.1) is 0 Å². The summed E-state index contributed by atoms with van der Waals surface area (Å²) < 4.78 is 17.9. The second-order valence-electron chi connectivity index (χ2n) is 6.97. The number of allylic oxidation sites excluding steroid dienone is 1. The minimum atomic E-state index is -0.596. The first kappa shape index (κ1) is 22.2. The zero-order chi connectivity index (χ0) is 22.7. The van der Waals surface area contributed by atoms with E-state index >= 15 is 0 Å². The van der Waals surface area contributed by atoms with E-state index in [-0.39, 0.29) is 12.2 Å². The molecule has 3 aromatic rings. The first-order valence-corrected chi connectivity index (χ1v) is 11.6. The number of ether oxygens (including phenoxy) is 3. The molecule has 2 aromatic heterocycles. The molecule has 1 aromatic carbocycles. The number of para-hydroxylation sites is 1. The number of nitrogens with zero attached hydrogens (tertiary/aromatic N) is 2. The molecule has 1 aliphatic heterocycles. The molecule has 0 saturated carbocycles. The van der Waals surface area contributed by atoms with E-state index in [0.29, 0.717) is 33.0 Å². The quantitative estimate of drug-likeness (QED) is 0.392. The number of hydrogen-bond donors (Lipinski definition) is 0. The Hall–Kier alpha value is -3.01. The summed E-state index contributed by atoms with van der Waals surface area (Å²) in [5, 5.41) is 1.92. The molecular formula is C23H22N2O5S2. The molecule has 1 atom stereocenters. The number of thiazole rings is 1. The third-order valence-electron chi connectivity index (χ3n) is 5.00. The summed E-state index contributed by atoms with van der Waals surface area (Å²) in [7, 11) is 3.13. The average molecular weight is 471 g/mol. The molecule has 1 aliphatic rings. The van der Waals surface area contributed by atoms with Gasteiger partial charge in [0.1, 0.15) is 18.4 Å². The van der Waals surface area contributed by atoms with Gasteiger partial charge in [-0.05, 0) is 30.5 Å². The molecular weight excluding hydrogens is 448 g/mol. The monoisotopic (exact) mass is 470 g/mol. The highest BCUT2D eigenvalue weighted by molar-refractivity contribution is 7.10. The van der Waals surface area contributed by atoms with Crippen LogP contribution in [0.5, 0.6) is 5.75 Å². The largest absolute Gasteiger partial charge is 0.496 e. The molecule has 0 N–H and O–H groups in total. The van der Waals surface area contributed by atoms with Gasteiger partial charge in [0.15, 0.2) is 4.80 Å². The van der Waals surface area contributed by atoms with E-state index in [1.165, 1.54) is 22.7 Å². The molecule has 0 fully saturated rings. The molecule has 32 heavy (non-hydrogen) atoms. The average Bonchev–Trinajstić information content (AvgIpc) is 3.42. The lowest BCUT2D eigenvalue weighted by Crippen LogP contribution is -2.39. The van der Waals surface area contributed by atoms with Gasteiger partial charge in [-0.2, -0.15) is 0 Å². The van der Waals surface area contributed by atoms with Gasteiger partial charge in [0, 0.05) is 17.6 Å². The van der Waals surface area contributed by atoms with Gasteiger partial charge < -0.3 is 14.2 Å². The Morgan fingerprint density at radius 2 is 2.00 bits per heavy atom. The van der Waals surface area contributed by atoms with Crippen LogP contribution in [-0.2, 0) is 14.3 Å². The van der Waals surface area contributed by atoms with Crippen molar-refractivity contribution in [2.45, 2.75) is 13.0 Å². The van der Waals surface area contributed by atoms with Crippen LogP contribution >= 0.6 is 22.7 Å². The van der Waals surface area contributed by atoms with E-state index in [9.17, 15) is 9.59 Å². The van der Waals surface area contributed by atoms with Gasteiger partial charge in [0.05, 0.1) is 29.5 Å². The predicted molar refractivity (Wildman–Crippen MR) is 124 cm³/mol. The number of carbonyl (C=O) groups is 1. The van der Waals surface area contributed by atoms with Crippen LogP contribution in [0.4, 0.5) is 0 Å². The minimum absolute atomic E-state index is 0.126. The maximum atomic E-state index is 13.5. The lowest BCUT2D eigenvalue weighted by Gasteiger charge is -2.23.